The zero-order valence-corrected chi connectivity index (χ0v) is 14.5. The van der Waals surface area contributed by atoms with Gasteiger partial charge in [0.05, 0.1) is 6.61 Å². The number of rotatable bonds is 6. The first kappa shape index (κ1) is 19.3. The lowest BCUT2D eigenvalue weighted by Crippen LogP contribution is -2.54. The molecule has 0 aromatic heterocycles. The molecule has 7 nitrogen and oxygen atoms in total. The van der Waals surface area contributed by atoms with E-state index in [1.165, 1.54) is 4.90 Å². The molecule has 0 aliphatic carbocycles. The third-order valence-corrected chi connectivity index (χ3v) is 3.84. The van der Waals surface area contributed by atoms with Crippen LogP contribution in [-0.2, 0) is 14.3 Å². The van der Waals surface area contributed by atoms with E-state index >= 15 is 0 Å². The summed E-state index contributed by atoms with van der Waals surface area (Å²) in [5, 5.41) is 0. The lowest BCUT2D eigenvalue weighted by Gasteiger charge is -2.34. The van der Waals surface area contributed by atoms with Crippen LogP contribution in [0.25, 0.3) is 0 Å². The van der Waals surface area contributed by atoms with E-state index in [2.05, 4.69) is 6.92 Å². The summed E-state index contributed by atoms with van der Waals surface area (Å²) in [7, 11) is 0. The quantitative estimate of drug-likeness (QED) is 0.690. The zero-order valence-electron chi connectivity index (χ0n) is 14.5. The van der Waals surface area contributed by atoms with Crippen molar-refractivity contribution in [1.82, 2.24) is 14.7 Å². The zero-order chi connectivity index (χ0) is 17.2. The summed E-state index contributed by atoms with van der Waals surface area (Å²) >= 11 is 0. The fraction of sp³-hybridized carbons (Fsp3) is 0.812. The molecule has 0 bridgehead atoms. The molecule has 0 saturated carbocycles. The largest absolute Gasteiger partial charge is 0.450 e. The third-order valence-electron chi connectivity index (χ3n) is 3.84. The molecule has 23 heavy (non-hydrogen) atoms. The van der Waals surface area contributed by atoms with Crippen LogP contribution in [0.5, 0.6) is 0 Å². The van der Waals surface area contributed by atoms with E-state index in [-0.39, 0.29) is 6.09 Å². The smallest absolute Gasteiger partial charge is 0.409 e. The average Bonchev–Trinajstić information content (AvgIpc) is 2.57. The lowest BCUT2D eigenvalue weighted by molar-refractivity contribution is -0.152. The number of carbonyl (C=O) groups is 3. The highest BCUT2D eigenvalue weighted by Gasteiger charge is 2.30. The van der Waals surface area contributed by atoms with Crippen molar-refractivity contribution in [3.8, 4) is 0 Å². The second-order valence-corrected chi connectivity index (χ2v) is 5.62. The van der Waals surface area contributed by atoms with Gasteiger partial charge in [-0.2, -0.15) is 0 Å². The van der Waals surface area contributed by atoms with Crippen molar-refractivity contribution in [3.63, 3.8) is 0 Å². The van der Waals surface area contributed by atoms with Gasteiger partial charge in [-0.05, 0) is 19.8 Å². The predicted molar refractivity (Wildman–Crippen MR) is 87.0 cm³/mol. The van der Waals surface area contributed by atoms with E-state index in [9.17, 15) is 14.4 Å². The maximum atomic E-state index is 12.4. The van der Waals surface area contributed by atoms with Gasteiger partial charge in [0.1, 0.15) is 0 Å². The normalized spacial score (nSPS) is 14.6. The minimum atomic E-state index is -0.460. The van der Waals surface area contributed by atoms with Gasteiger partial charge in [0.15, 0.2) is 0 Å². The first-order valence-corrected chi connectivity index (χ1v) is 8.54. The fourth-order valence-corrected chi connectivity index (χ4v) is 2.51. The Kier molecular flexibility index (Phi) is 8.43. The van der Waals surface area contributed by atoms with Crippen LogP contribution in [0.1, 0.15) is 40.0 Å². The van der Waals surface area contributed by atoms with Crippen LogP contribution in [0.3, 0.4) is 0 Å². The second-order valence-electron chi connectivity index (χ2n) is 5.62. The first-order valence-electron chi connectivity index (χ1n) is 8.54. The van der Waals surface area contributed by atoms with Crippen LogP contribution < -0.4 is 0 Å². The predicted octanol–water partition coefficient (Wildman–Crippen LogP) is 1.33. The summed E-state index contributed by atoms with van der Waals surface area (Å²) in [6.07, 6.45) is 2.36. The summed E-state index contributed by atoms with van der Waals surface area (Å²) in [5.41, 5.74) is 0. The van der Waals surface area contributed by atoms with Crippen LogP contribution in [0, 0.1) is 0 Å². The Morgan fingerprint density at radius 1 is 0.913 bits per heavy atom. The third kappa shape index (κ3) is 5.73. The van der Waals surface area contributed by atoms with Crippen LogP contribution in [0.4, 0.5) is 4.79 Å². The molecule has 0 aromatic carbocycles. The van der Waals surface area contributed by atoms with E-state index in [1.807, 2.05) is 6.92 Å². The Labute approximate surface area is 138 Å². The van der Waals surface area contributed by atoms with Gasteiger partial charge in [0, 0.05) is 39.3 Å². The van der Waals surface area contributed by atoms with Crippen molar-refractivity contribution in [3.05, 3.63) is 0 Å². The summed E-state index contributed by atoms with van der Waals surface area (Å²) in [6.45, 7) is 8.93. The molecular weight excluding hydrogens is 298 g/mol. The Hall–Kier alpha value is -1.79. The van der Waals surface area contributed by atoms with Crippen molar-refractivity contribution < 1.29 is 19.1 Å². The standard InChI is InChI=1S/C16H29N3O4/c1-4-7-9-17(8-5-2)14(20)15(21)18-10-12-19(13-11-18)16(22)23-6-3/h4-13H2,1-3H3. The van der Waals surface area contributed by atoms with E-state index < -0.39 is 11.8 Å². The van der Waals surface area contributed by atoms with Crippen LogP contribution in [0.2, 0.25) is 0 Å². The summed E-state index contributed by atoms with van der Waals surface area (Å²) in [4.78, 5) is 41.2. The van der Waals surface area contributed by atoms with E-state index in [1.54, 1.807) is 16.7 Å². The minimum Gasteiger partial charge on any atom is -0.450 e. The van der Waals surface area contributed by atoms with Gasteiger partial charge < -0.3 is 19.4 Å². The molecule has 0 spiro atoms. The molecular formula is C16H29N3O4. The molecule has 1 heterocycles. The van der Waals surface area contributed by atoms with Gasteiger partial charge >= 0.3 is 17.9 Å². The minimum absolute atomic E-state index is 0.333. The SMILES string of the molecule is CCCCN(CCC)C(=O)C(=O)N1CCN(C(=O)OCC)CC1. The molecule has 1 aliphatic heterocycles. The molecule has 1 fully saturated rings. The van der Waals surface area contributed by atoms with Gasteiger partial charge in [-0.3, -0.25) is 9.59 Å². The monoisotopic (exact) mass is 327 g/mol. The number of hydrogen-bond donors (Lipinski definition) is 0. The van der Waals surface area contributed by atoms with Crippen LogP contribution >= 0.6 is 0 Å². The van der Waals surface area contributed by atoms with Crippen LogP contribution in [0.15, 0.2) is 0 Å². The first-order chi connectivity index (χ1) is 11.0. The Morgan fingerprint density at radius 2 is 1.52 bits per heavy atom. The molecule has 0 N–H and O–H groups in total. The van der Waals surface area contributed by atoms with Crippen molar-refractivity contribution in [2.45, 2.75) is 40.0 Å². The molecule has 0 aromatic rings. The summed E-state index contributed by atoms with van der Waals surface area (Å²) < 4.78 is 4.95. The van der Waals surface area contributed by atoms with Gasteiger partial charge in [0.25, 0.3) is 0 Å². The van der Waals surface area contributed by atoms with Crippen LogP contribution in [-0.4, -0.2) is 78.5 Å². The van der Waals surface area contributed by atoms with Crippen molar-refractivity contribution in [2.75, 3.05) is 45.9 Å². The van der Waals surface area contributed by atoms with Gasteiger partial charge in [0.2, 0.25) is 0 Å². The highest BCUT2D eigenvalue weighted by molar-refractivity contribution is 6.34. The summed E-state index contributed by atoms with van der Waals surface area (Å²) in [6, 6.07) is 0. The van der Waals surface area contributed by atoms with Gasteiger partial charge in [-0.25, -0.2) is 4.79 Å². The molecule has 1 saturated heterocycles. The second kappa shape index (κ2) is 10.1. The highest BCUT2D eigenvalue weighted by Crippen LogP contribution is 2.07. The van der Waals surface area contributed by atoms with Crippen molar-refractivity contribution in [1.29, 1.82) is 0 Å². The maximum absolute atomic E-state index is 12.4. The number of unbranched alkanes of at least 4 members (excludes halogenated alkanes) is 1. The molecule has 1 aliphatic rings. The van der Waals surface area contributed by atoms with Gasteiger partial charge in [-0.15, -0.1) is 0 Å². The van der Waals surface area contributed by atoms with E-state index in [0.717, 1.165) is 19.3 Å². The Morgan fingerprint density at radius 3 is 2.04 bits per heavy atom. The molecule has 0 atom stereocenters. The topological polar surface area (TPSA) is 70.2 Å². The van der Waals surface area contributed by atoms with Crippen molar-refractivity contribution >= 4 is 17.9 Å². The number of amides is 3. The Balaban J connectivity index is 2.53. The lowest BCUT2D eigenvalue weighted by atomic mass is 10.2. The molecule has 132 valence electrons. The molecule has 0 unspecified atom stereocenters. The number of nitrogens with zero attached hydrogens (tertiary/aromatic N) is 3. The van der Waals surface area contributed by atoms with Crippen molar-refractivity contribution in [2.24, 2.45) is 0 Å². The highest BCUT2D eigenvalue weighted by atomic mass is 16.6. The average molecular weight is 327 g/mol. The van der Waals surface area contributed by atoms with Gasteiger partial charge in [-0.1, -0.05) is 20.3 Å². The molecule has 3 amide bonds. The number of hydrogen-bond acceptors (Lipinski definition) is 4. The molecule has 0 radical (unpaired) electrons. The number of piperazine rings is 1. The molecule has 7 heteroatoms. The molecule has 1 rings (SSSR count). The Bertz CT molecular complexity index is 406. The van der Waals surface area contributed by atoms with E-state index in [0.29, 0.717) is 45.9 Å². The summed E-state index contributed by atoms with van der Waals surface area (Å²) in [5.74, 6) is -0.886. The maximum Gasteiger partial charge on any atom is 0.409 e. The fourth-order valence-electron chi connectivity index (χ4n) is 2.51. The number of ether oxygens (including phenoxy) is 1. The van der Waals surface area contributed by atoms with E-state index in [4.69, 9.17) is 4.74 Å². The number of carbonyl (C=O) groups excluding carboxylic acids is 3.